The lowest BCUT2D eigenvalue weighted by Gasteiger charge is -2.16. The lowest BCUT2D eigenvalue weighted by Crippen LogP contribution is -2.18. The molecule has 0 saturated carbocycles. The van der Waals surface area contributed by atoms with Crippen LogP contribution in [0.15, 0.2) is 12.2 Å². The maximum Gasteiger partial charge on any atom is 0.317 e. The van der Waals surface area contributed by atoms with Gasteiger partial charge >= 0.3 is 17.9 Å². The summed E-state index contributed by atoms with van der Waals surface area (Å²) in [5.41, 5.74) is 0. The lowest BCUT2D eigenvalue weighted by molar-refractivity contribution is -0.153. The molecule has 27 heavy (non-hydrogen) atoms. The van der Waals surface area contributed by atoms with Crippen molar-refractivity contribution in [2.24, 2.45) is 11.8 Å². The molecule has 2 unspecified atom stereocenters. The molecule has 0 aromatic rings. The van der Waals surface area contributed by atoms with E-state index in [9.17, 15) is 14.4 Å². The number of cyclic esters (lactones) is 2. The van der Waals surface area contributed by atoms with Gasteiger partial charge in [-0.05, 0) is 31.6 Å². The summed E-state index contributed by atoms with van der Waals surface area (Å²) in [6, 6.07) is 0. The van der Waals surface area contributed by atoms with E-state index in [1.165, 1.54) is 32.1 Å². The molecule has 0 aliphatic carbocycles. The third-order valence-electron chi connectivity index (χ3n) is 5.21. The molecule has 2 atom stereocenters. The van der Waals surface area contributed by atoms with Crippen LogP contribution in [0, 0.1) is 11.8 Å². The van der Waals surface area contributed by atoms with Crippen LogP contribution in [0.25, 0.3) is 0 Å². The highest BCUT2D eigenvalue weighted by Crippen LogP contribution is 2.30. The zero-order chi connectivity index (χ0) is 19.9. The summed E-state index contributed by atoms with van der Waals surface area (Å²) in [6.07, 6.45) is 17.5. The molecule has 0 bridgehead atoms. The summed E-state index contributed by atoms with van der Waals surface area (Å²) < 4.78 is 4.75. The van der Waals surface area contributed by atoms with E-state index in [-0.39, 0.29) is 30.6 Å². The number of esters is 2. The number of hydrogen-bond acceptors (Lipinski definition) is 4. The van der Waals surface area contributed by atoms with Crippen molar-refractivity contribution >= 4 is 17.9 Å². The minimum atomic E-state index is -0.731. The maximum atomic E-state index is 11.9. The summed E-state index contributed by atoms with van der Waals surface area (Å²) in [4.78, 5) is 33.8. The first kappa shape index (κ1) is 23.4. The molecule has 1 aliphatic heterocycles. The van der Waals surface area contributed by atoms with Crippen molar-refractivity contribution in [2.75, 3.05) is 0 Å². The Labute approximate surface area is 163 Å². The predicted octanol–water partition coefficient (Wildman–Crippen LogP) is 5.42. The highest BCUT2D eigenvalue weighted by atomic mass is 16.6. The number of unbranched alkanes of at least 4 members (excludes halogenated alkanes) is 9. The van der Waals surface area contributed by atoms with Gasteiger partial charge in [0, 0.05) is 6.42 Å². The van der Waals surface area contributed by atoms with Crippen molar-refractivity contribution in [3.05, 3.63) is 12.2 Å². The summed E-state index contributed by atoms with van der Waals surface area (Å²) in [5.74, 6) is -1.73. The number of carbonyl (C=O) groups excluding carboxylic acids is 2. The number of carbonyl (C=O) groups is 3. The van der Waals surface area contributed by atoms with E-state index in [0.29, 0.717) is 0 Å². The van der Waals surface area contributed by atoms with Gasteiger partial charge < -0.3 is 9.84 Å². The molecule has 1 heterocycles. The lowest BCUT2D eigenvalue weighted by atomic mass is 9.86. The zero-order valence-corrected chi connectivity index (χ0v) is 16.8. The maximum absolute atomic E-state index is 11.9. The van der Waals surface area contributed by atoms with Crippen LogP contribution in [0.2, 0.25) is 0 Å². The van der Waals surface area contributed by atoms with Gasteiger partial charge in [0.05, 0.1) is 12.3 Å². The number of hydrogen-bond donors (Lipinski definition) is 1. The Bertz CT molecular complexity index is 483. The fourth-order valence-electron chi connectivity index (χ4n) is 3.57. The van der Waals surface area contributed by atoms with Gasteiger partial charge in [-0.2, -0.15) is 0 Å². The number of rotatable bonds is 16. The first-order chi connectivity index (χ1) is 13.0. The second-order valence-electron chi connectivity index (χ2n) is 7.60. The van der Waals surface area contributed by atoms with Crippen molar-refractivity contribution in [2.45, 2.75) is 96.8 Å². The Morgan fingerprint density at radius 2 is 1.74 bits per heavy atom. The summed E-state index contributed by atoms with van der Waals surface area (Å²) in [7, 11) is 0. The Morgan fingerprint density at radius 1 is 1.07 bits per heavy atom. The van der Waals surface area contributed by atoms with Crippen LogP contribution in [0.4, 0.5) is 0 Å². The van der Waals surface area contributed by atoms with Crippen LogP contribution in [0.5, 0.6) is 0 Å². The summed E-state index contributed by atoms with van der Waals surface area (Å²) >= 11 is 0. The van der Waals surface area contributed by atoms with Crippen molar-refractivity contribution in [1.82, 2.24) is 0 Å². The van der Waals surface area contributed by atoms with E-state index < -0.39 is 11.9 Å². The first-order valence-electron chi connectivity index (χ1n) is 10.7. The Kier molecular flexibility index (Phi) is 12.5. The predicted molar refractivity (Wildman–Crippen MR) is 105 cm³/mol. The van der Waals surface area contributed by atoms with E-state index in [0.717, 1.165) is 44.9 Å². The highest BCUT2D eigenvalue weighted by Gasteiger charge is 2.37. The topological polar surface area (TPSA) is 80.7 Å². The molecule has 1 aliphatic rings. The molecule has 0 radical (unpaired) electrons. The van der Waals surface area contributed by atoms with Crippen molar-refractivity contribution in [1.29, 1.82) is 0 Å². The molecule has 1 rings (SSSR count). The highest BCUT2D eigenvalue weighted by molar-refractivity contribution is 5.94. The smallest absolute Gasteiger partial charge is 0.317 e. The van der Waals surface area contributed by atoms with Crippen LogP contribution >= 0.6 is 0 Å². The molecule has 5 heteroatoms. The van der Waals surface area contributed by atoms with Gasteiger partial charge in [-0.25, -0.2) is 0 Å². The number of ether oxygens (including phenoxy) is 1. The second-order valence-corrected chi connectivity index (χ2v) is 7.60. The Hall–Kier alpha value is -1.65. The monoisotopic (exact) mass is 380 g/mol. The van der Waals surface area contributed by atoms with Crippen molar-refractivity contribution in [3.8, 4) is 0 Å². The van der Waals surface area contributed by atoms with Gasteiger partial charge in [0.1, 0.15) is 0 Å². The Balaban J connectivity index is 2.33. The van der Waals surface area contributed by atoms with Gasteiger partial charge in [-0.3, -0.25) is 14.4 Å². The number of carboxylic acids is 1. The van der Waals surface area contributed by atoms with Gasteiger partial charge in [0.25, 0.3) is 0 Å². The third kappa shape index (κ3) is 10.9. The molecule has 0 aromatic carbocycles. The van der Waals surface area contributed by atoms with E-state index in [1.807, 2.05) is 0 Å². The average molecular weight is 381 g/mol. The first-order valence-corrected chi connectivity index (χ1v) is 10.7. The normalized spacial score (nSPS) is 18.2. The number of carboxylic acid groups (broad SMARTS) is 1. The van der Waals surface area contributed by atoms with Gasteiger partial charge in [0.2, 0.25) is 0 Å². The van der Waals surface area contributed by atoms with Crippen LogP contribution in [-0.2, 0) is 19.1 Å². The van der Waals surface area contributed by atoms with Crippen LogP contribution < -0.4 is 0 Å². The molecule has 0 amide bonds. The van der Waals surface area contributed by atoms with Crippen LogP contribution in [-0.4, -0.2) is 23.0 Å². The molecule has 0 aromatic heterocycles. The van der Waals surface area contributed by atoms with Crippen molar-refractivity contribution in [3.63, 3.8) is 0 Å². The molecule has 1 N–H and O–H groups in total. The molecule has 0 spiro atoms. The molecular formula is C22H36O5. The SMILES string of the molecule is CCCCCCCCC(/C=C/CCCCCCC(=O)O)C1CC(=O)OC1=O. The number of allylic oxidation sites excluding steroid dienone is 2. The van der Waals surface area contributed by atoms with Gasteiger partial charge in [-0.1, -0.05) is 70.4 Å². The molecule has 5 nitrogen and oxygen atoms in total. The number of aliphatic carboxylic acids is 1. The third-order valence-corrected chi connectivity index (χ3v) is 5.21. The zero-order valence-electron chi connectivity index (χ0n) is 16.8. The summed E-state index contributed by atoms with van der Waals surface area (Å²) in [5, 5.41) is 8.62. The Morgan fingerprint density at radius 3 is 2.41 bits per heavy atom. The second kappa shape index (κ2) is 14.4. The van der Waals surface area contributed by atoms with Crippen LogP contribution in [0.1, 0.15) is 96.8 Å². The van der Waals surface area contributed by atoms with E-state index in [1.54, 1.807) is 0 Å². The quantitative estimate of drug-likeness (QED) is 0.167. The molecule has 154 valence electrons. The average Bonchev–Trinajstić information content (AvgIpc) is 2.96. The van der Waals surface area contributed by atoms with Gasteiger partial charge in [-0.15, -0.1) is 0 Å². The fourth-order valence-corrected chi connectivity index (χ4v) is 3.57. The molecular weight excluding hydrogens is 344 g/mol. The largest absolute Gasteiger partial charge is 0.481 e. The molecule has 1 saturated heterocycles. The van der Waals surface area contributed by atoms with E-state index in [2.05, 4.69) is 19.1 Å². The minimum Gasteiger partial charge on any atom is -0.481 e. The summed E-state index contributed by atoms with van der Waals surface area (Å²) in [6.45, 7) is 2.20. The fraction of sp³-hybridized carbons (Fsp3) is 0.773. The van der Waals surface area contributed by atoms with E-state index >= 15 is 0 Å². The molecule has 1 fully saturated rings. The van der Waals surface area contributed by atoms with Crippen molar-refractivity contribution < 1.29 is 24.2 Å². The van der Waals surface area contributed by atoms with Gasteiger partial charge in [0.15, 0.2) is 0 Å². The standard InChI is InChI=1S/C22H36O5/c1-2-3-4-5-8-11-14-18(19-17-21(25)27-22(19)26)15-12-9-6-7-10-13-16-20(23)24/h12,15,18-19H,2-11,13-14,16-17H2,1H3,(H,23,24)/b15-12+. The van der Waals surface area contributed by atoms with Crippen LogP contribution in [0.3, 0.4) is 0 Å². The van der Waals surface area contributed by atoms with E-state index in [4.69, 9.17) is 9.84 Å². The minimum absolute atomic E-state index is 0.0853.